The number of rotatable bonds is 4. The quantitative estimate of drug-likeness (QED) is 0.805. The van der Waals surface area contributed by atoms with Gasteiger partial charge in [0.25, 0.3) is 0 Å². The molecular weight excluding hydrogens is 232 g/mol. The van der Waals surface area contributed by atoms with Gasteiger partial charge in [0, 0.05) is 0 Å². The molecule has 96 valence electrons. The van der Waals surface area contributed by atoms with Crippen LogP contribution in [-0.2, 0) is 0 Å². The minimum atomic E-state index is 0.635. The van der Waals surface area contributed by atoms with Crippen molar-refractivity contribution in [1.82, 2.24) is 0 Å². The third-order valence-electron chi connectivity index (χ3n) is 1.96. The van der Waals surface area contributed by atoms with E-state index in [1.807, 2.05) is 44.6 Å². The largest absolute Gasteiger partial charge is 0.493 e. The van der Waals surface area contributed by atoms with Crippen LogP contribution in [0.25, 0.3) is 5.57 Å². The summed E-state index contributed by atoms with van der Waals surface area (Å²) in [5.41, 5.74) is 2.10. The van der Waals surface area contributed by atoms with Crippen molar-refractivity contribution >= 4 is 17.3 Å². The molecule has 0 aliphatic heterocycles. The van der Waals surface area contributed by atoms with Crippen LogP contribution in [0.1, 0.15) is 19.4 Å². The number of allylic oxidation sites excluding steroid dienone is 1. The van der Waals surface area contributed by atoms with E-state index in [9.17, 15) is 0 Å². The van der Waals surface area contributed by atoms with Crippen LogP contribution < -0.4 is 9.47 Å². The Morgan fingerprint density at radius 1 is 1.29 bits per heavy atom. The molecule has 0 spiro atoms. The van der Waals surface area contributed by atoms with Crippen molar-refractivity contribution in [3.63, 3.8) is 0 Å². The molecule has 1 aromatic rings. The van der Waals surface area contributed by atoms with Crippen molar-refractivity contribution in [2.45, 2.75) is 13.8 Å². The predicted octanol–water partition coefficient (Wildman–Crippen LogP) is 4.11. The summed E-state index contributed by atoms with van der Waals surface area (Å²) in [5, 5.41) is 0. The van der Waals surface area contributed by atoms with Crippen LogP contribution in [-0.4, -0.2) is 26.2 Å². The van der Waals surface area contributed by atoms with Gasteiger partial charge in [0.2, 0.25) is 0 Å². The number of methoxy groups -OCH3 is 1. The normalized spacial score (nSPS) is 9.00. The molecule has 0 saturated carbocycles. The van der Waals surface area contributed by atoms with Crippen LogP contribution in [0.2, 0.25) is 0 Å². The lowest BCUT2D eigenvalue weighted by atomic mass is 10.1. The lowest BCUT2D eigenvalue weighted by Gasteiger charge is -2.10. The average Bonchev–Trinajstić information content (AvgIpc) is 2.30. The zero-order valence-corrected chi connectivity index (χ0v) is 12.2. The average molecular weight is 254 g/mol. The van der Waals surface area contributed by atoms with Crippen molar-refractivity contribution in [2.75, 3.05) is 26.2 Å². The minimum Gasteiger partial charge on any atom is -0.493 e. The van der Waals surface area contributed by atoms with E-state index in [0.29, 0.717) is 6.61 Å². The van der Waals surface area contributed by atoms with Crippen LogP contribution in [0.3, 0.4) is 0 Å². The van der Waals surface area contributed by atoms with E-state index in [2.05, 4.69) is 6.58 Å². The summed E-state index contributed by atoms with van der Waals surface area (Å²) in [4.78, 5) is 0. The first-order valence-electron chi connectivity index (χ1n) is 5.47. The molecule has 0 N–H and O–H groups in total. The standard InChI is InChI=1S/C12H16O2.C2H6S/c1-5-14-12-8-10(9(2)3)6-7-11(12)13-4;1-3-2/h6-8H,2,5H2,1,3-4H3;1-2H3. The number of hydrogen-bond donors (Lipinski definition) is 0. The predicted molar refractivity (Wildman–Crippen MR) is 78.3 cm³/mol. The van der Waals surface area contributed by atoms with Gasteiger partial charge in [-0.15, -0.1) is 0 Å². The van der Waals surface area contributed by atoms with Crippen LogP contribution in [0.4, 0.5) is 0 Å². The molecule has 0 aromatic heterocycles. The van der Waals surface area contributed by atoms with Gasteiger partial charge in [0.05, 0.1) is 13.7 Å². The SMILES string of the molecule is C=C(C)c1ccc(OC)c(OCC)c1.CSC. The highest BCUT2D eigenvalue weighted by atomic mass is 32.2. The van der Waals surface area contributed by atoms with E-state index in [0.717, 1.165) is 22.6 Å². The van der Waals surface area contributed by atoms with Gasteiger partial charge >= 0.3 is 0 Å². The number of thioether (sulfide) groups is 1. The summed E-state index contributed by atoms with van der Waals surface area (Å²) in [6, 6.07) is 5.82. The van der Waals surface area contributed by atoms with E-state index in [1.165, 1.54) is 0 Å². The van der Waals surface area contributed by atoms with E-state index in [-0.39, 0.29) is 0 Å². The Labute approximate surface area is 109 Å². The first-order valence-corrected chi connectivity index (χ1v) is 7.10. The van der Waals surface area contributed by atoms with Gasteiger partial charge in [-0.2, -0.15) is 11.8 Å². The summed E-state index contributed by atoms with van der Waals surface area (Å²) in [6.45, 7) is 8.44. The van der Waals surface area contributed by atoms with Gasteiger partial charge in [-0.05, 0) is 44.1 Å². The monoisotopic (exact) mass is 254 g/mol. The highest BCUT2D eigenvalue weighted by Gasteiger charge is 2.04. The van der Waals surface area contributed by atoms with Crippen molar-refractivity contribution < 1.29 is 9.47 Å². The molecule has 0 bridgehead atoms. The first-order chi connectivity index (χ1) is 8.10. The van der Waals surface area contributed by atoms with Gasteiger partial charge in [0.1, 0.15) is 0 Å². The highest BCUT2D eigenvalue weighted by molar-refractivity contribution is 7.97. The number of ether oxygens (including phenoxy) is 2. The Hall–Kier alpha value is -1.09. The van der Waals surface area contributed by atoms with Crippen molar-refractivity contribution in [3.8, 4) is 11.5 Å². The van der Waals surface area contributed by atoms with Gasteiger partial charge in [-0.3, -0.25) is 0 Å². The molecule has 1 rings (SSSR count). The van der Waals surface area contributed by atoms with Crippen LogP contribution in [0.15, 0.2) is 24.8 Å². The number of hydrogen-bond acceptors (Lipinski definition) is 3. The number of benzene rings is 1. The fourth-order valence-corrected chi connectivity index (χ4v) is 1.21. The second-order valence-electron chi connectivity index (χ2n) is 3.49. The smallest absolute Gasteiger partial charge is 0.161 e. The zero-order valence-electron chi connectivity index (χ0n) is 11.4. The lowest BCUT2D eigenvalue weighted by molar-refractivity contribution is 0.311. The molecule has 0 aliphatic carbocycles. The Morgan fingerprint density at radius 2 is 1.88 bits per heavy atom. The molecule has 0 amide bonds. The summed E-state index contributed by atoms with van der Waals surface area (Å²) < 4.78 is 10.6. The summed E-state index contributed by atoms with van der Waals surface area (Å²) in [5.74, 6) is 1.53. The Kier molecular flexibility index (Phi) is 8.42. The van der Waals surface area contributed by atoms with E-state index >= 15 is 0 Å². The van der Waals surface area contributed by atoms with Gasteiger partial charge in [-0.25, -0.2) is 0 Å². The van der Waals surface area contributed by atoms with Crippen LogP contribution in [0, 0.1) is 0 Å². The topological polar surface area (TPSA) is 18.5 Å². The van der Waals surface area contributed by atoms with Crippen LogP contribution in [0.5, 0.6) is 11.5 Å². The molecule has 0 radical (unpaired) electrons. The second-order valence-corrected chi connectivity index (χ2v) is 4.30. The molecule has 0 aliphatic rings. The molecule has 2 nitrogen and oxygen atoms in total. The van der Waals surface area contributed by atoms with E-state index in [4.69, 9.17) is 9.47 Å². The maximum Gasteiger partial charge on any atom is 0.161 e. The molecule has 3 heteroatoms. The van der Waals surface area contributed by atoms with Crippen molar-refractivity contribution in [1.29, 1.82) is 0 Å². The third-order valence-corrected chi connectivity index (χ3v) is 1.96. The molecular formula is C14H22O2S. The van der Waals surface area contributed by atoms with E-state index in [1.54, 1.807) is 18.9 Å². The molecule has 0 heterocycles. The maximum absolute atomic E-state index is 5.45. The summed E-state index contributed by atoms with van der Waals surface area (Å²) >= 11 is 1.75. The summed E-state index contributed by atoms with van der Waals surface area (Å²) in [6.07, 6.45) is 4.08. The van der Waals surface area contributed by atoms with Gasteiger partial charge < -0.3 is 9.47 Å². The second kappa shape index (κ2) is 8.99. The fraction of sp³-hybridized carbons (Fsp3) is 0.429. The summed E-state index contributed by atoms with van der Waals surface area (Å²) in [7, 11) is 1.64. The minimum absolute atomic E-state index is 0.635. The molecule has 0 atom stereocenters. The zero-order chi connectivity index (χ0) is 13.3. The van der Waals surface area contributed by atoms with Gasteiger partial charge in [-0.1, -0.05) is 18.2 Å². The van der Waals surface area contributed by atoms with E-state index < -0.39 is 0 Å². The first kappa shape index (κ1) is 15.9. The molecule has 17 heavy (non-hydrogen) atoms. The molecule has 0 fully saturated rings. The Bertz CT molecular complexity index is 348. The van der Waals surface area contributed by atoms with Crippen molar-refractivity contribution in [2.24, 2.45) is 0 Å². The fourth-order valence-electron chi connectivity index (χ4n) is 1.21. The lowest BCUT2D eigenvalue weighted by Crippen LogP contribution is -1.95. The van der Waals surface area contributed by atoms with Gasteiger partial charge in [0.15, 0.2) is 11.5 Å². The Morgan fingerprint density at radius 3 is 2.29 bits per heavy atom. The third kappa shape index (κ3) is 5.68. The molecule has 0 saturated heterocycles. The highest BCUT2D eigenvalue weighted by Crippen LogP contribution is 2.29. The van der Waals surface area contributed by atoms with Crippen LogP contribution >= 0.6 is 11.8 Å². The Balaban J connectivity index is 0.000000770. The maximum atomic E-state index is 5.45. The molecule has 0 unspecified atom stereocenters. The molecule has 1 aromatic carbocycles. The van der Waals surface area contributed by atoms with Crippen molar-refractivity contribution in [3.05, 3.63) is 30.3 Å².